The molecule has 0 radical (unpaired) electrons. The summed E-state index contributed by atoms with van der Waals surface area (Å²) in [4.78, 5) is 2.93. The van der Waals surface area contributed by atoms with Crippen molar-refractivity contribution in [2.75, 3.05) is 6.61 Å². The number of aromatic amines is 1. The van der Waals surface area contributed by atoms with Gasteiger partial charge in [0.1, 0.15) is 23.7 Å². The largest absolute Gasteiger partial charge is 0.491 e. The van der Waals surface area contributed by atoms with Crippen LogP contribution in [0.3, 0.4) is 0 Å². The van der Waals surface area contributed by atoms with Gasteiger partial charge in [0, 0.05) is 0 Å². The molecule has 0 fully saturated rings. The number of hydrogen-bond acceptors (Lipinski definition) is 2. The second kappa shape index (κ2) is 6.77. The lowest BCUT2D eigenvalue weighted by Gasteiger charge is -2.15. The summed E-state index contributed by atoms with van der Waals surface area (Å²) in [6, 6.07) is 11.2. The van der Waals surface area contributed by atoms with Crippen LogP contribution in [0.15, 0.2) is 36.4 Å². The number of aryl methyl sites for hydroxylation is 1. The Bertz CT molecular complexity index is 927. The van der Waals surface area contributed by atoms with Crippen LogP contribution in [0, 0.1) is 17.5 Å². The minimum absolute atomic E-state index is 0.293. The lowest BCUT2D eigenvalue weighted by molar-refractivity contribution is 0.295. The molecule has 5 heteroatoms. The van der Waals surface area contributed by atoms with E-state index in [2.05, 4.69) is 44.0 Å². The number of rotatable bonds is 5. The number of H-pyrrole nitrogens is 1. The number of imidazole rings is 1. The second-order valence-corrected chi connectivity index (χ2v) is 6.65. The van der Waals surface area contributed by atoms with Gasteiger partial charge < -0.3 is 14.3 Å². The number of nitrogens with zero attached hydrogens (tertiary/aromatic N) is 1. The fraction of sp³-hybridized carbons (Fsp3) is 0.316. The Morgan fingerprint density at radius 2 is 2.04 bits per heavy atom. The quantitative estimate of drug-likeness (QED) is 0.632. The lowest BCUT2D eigenvalue weighted by atomic mass is 10.0. The Balaban J connectivity index is 1.81. The minimum atomic E-state index is -0.293. The van der Waals surface area contributed by atoms with E-state index >= 15 is 0 Å². The van der Waals surface area contributed by atoms with Crippen molar-refractivity contribution in [1.82, 2.24) is 9.55 Å². The van der Waals surface area contributed by atoms with Crippen LogP contribution in [-0.4, -0.2) is 16.2 Å². The van der Waals surface area contributed by atoms with Gasteiger partial charge in [-0.1, -0.05) is 32.0 Å². The zero-order valence-electron chi connectivity index (χ0n) is 14.1. The van der Waals surface area contributed by atoms with Crippen molar-refractivity contribution < 1.29 is 9.13 Å². The van der Waals surface area contributed by atoms with E-state index in [9.17, 15) is 4.39 Å². The van der Waals surface area contributed by atoms with Gasteiger partial charge in [0.05, 0.1) is 12.1 Å². The molecule has 3 rings (SSSR count). The first-order valence-electron chi connectivity index (χ1n) is 8.07. The van der Waals surface area contributed by atoms with Gasteiger partial charge in [-0.25, -0.2) is 4.39 Å². The molecule has 1 heterocycles. The van der Waals surface area contributed by atoms with Crippen molar-refractivity contribution in [1.29, 1.82) is 0 Å². The SMILES string of the molecule is Cc1ccc(C(C)C)c(OCCn2c(=S)[nH]c3c(F)cccc32)c1. The number of benzene rings is 2. The fourth-order valence-electron chi connectivity index (χ4n) is 2.86. The van der Waals surface area contributed by atoms with Crippen molar-refractivity contribution in [3.63, 3.8) is 0 Å². The number of aromatic nitrogens is 2. The average Bonchev–Trinajstić information content (AvgIpc) is 2.85. The molecule has 1 aromatic heterocycles. The van der Waals surface area contributed by atoms with Crippen molar-refractivity contribution in [2.45, 2.75) is 33.2 Å². The van der Waals surface area contributed by atoms with E-state index in [1.54, 1.807) is 6.07 Å². The summed E-state index contributed by atoms with van der Waals surface area (Å²) in [5, 5.41) is 0. The number of fused-ring (bicyclic) bond motifs is 1. The zero-order chi connectivity index (χ0) is 17.3. The first kappa shape index (κ1) is 16.7. The molecule has 0 bridgehead atoms. The van der Waals surface area contributed by atoms with Gasteiger partial charge in [-0.05, 0) is 54.4 Å². The molecule has 0 aliphatic carbocycles. The van der Waals surface area contributed by atoms with Crippen LogP contribution in [0.2, 0.25) is 0 Å². The number of hydrogen-bond donors (Lipinski definition) is 1. The highest BCUT2D eigenvalue weighted by Crippen LogP contribution is 2.27. The molecular weight excluding hydrogens is 323 g/mol. The third-order valence-electron chi connectivity index (χ3n) is 4.12. The molecule has 0 amide bonds. The molecule has 3 aromatic rings. The molecule has 0 atom stereocenters. The first-order chi connectivity index (χ1) is 11.5. The third kappa shape index (κ3) is 3.22. The topological polar surface area (TPSA) is 29.9 Å². The van der Waals surface area contributed by atoms with E-state index < -0.39 is 0 Å². The van der Waals surface area contributed by atoms with E-state index in [1.165, 1.54) is 17.2 Å². The summed E-state index contributed by atoms with van der Waals surface area (Å²) < 4.78 is 22.2. The Hall–Kier alpha value is -2.14. The summed E-state index contributed by atoms with van der Waals surface area (Å²) in [5.74, 6) is 1.01. The molecule has 0 aliphatic heterocycles. The van der Waals surface area contributed by atoms with E-state index in [4.69, 9.17) is 17.0 Å². The second-order valence-electron chi connectivity index (χ2n) is 6.26. The fourth-order valence-corrected chi connectivity index (χ4v) is 3.15. The van der Waals surface area contributed by atoms with Crippen molar-refractivity contribution in [3.8, 4) is 5.75 Å². The molecule has 2 aromatic carbocycles. The number of para-hydroxylation sites is 1. The van der Waals surface area contributed by atoms with Crippen LogP contribution in [0.25, 0.3) is 11.0 Å². The maximum atomic E-state index is 13.8. The summed E-state index contributed by atoms with van der Waals surface area (Å²) >= 11 is 5.32. The standard InChI is InChI=1S/C19H21FN2OS/c1-12(2)14-8-7-13(3)11-17(14)23-10-9-22-16-6-4-5-15(20)18(16)21-19(22)24/h4-8,11-12H,9-10H2,1-3H3,(H,21,24). The average molecular weight is 344 g/mol. The Morgan fingerprint density at radius 1 is 1.25 bits per heavy atom. The summed E-state index contributed by atoms with van der Waals surface area (Å²) in [7, 11) is 0. The van der Waals surface area contributed by atoms with Crippen LogP contribution in [-0.2, 0) is 6.54 Å². The Kier molecular flexibility index (Phi) is 4.71. The lowest BCUT2D eigenvalue weighted by Crippen LogP contribution is -2.09. The maximum absolute atomic E-state index is 13.8. The Morgan fingerprint density at radius 3 is 2.79 bits per heavy atom. The smallest absolute Gasteiger partial charge is 0.178 e. The van der Waals surface area contributed by atoms with Gasteiger partial charge in [-0.3, -0.25) is 0 Å². The van der Waals surface area contributed by atoms with Crippen LogP contribution in [0.1, 0.15) is 30.9 Å². The van der Waals surface area contributed by atoms with Gasteiger partial charge >= 0.3 is 0 Å². The molecule has 0 saturated heterocycles. The van der Waals surface area contributed by atoms with Crippen LogP contribution in [0.4, 0.5) is 4.39 Å². The highest BCUT2D eigenvalue weighted by molar-refractivity contribution is 7.71. The van der Waals surface area contributed by atoms with Gasteiger partial charge in [-0.15, -0.1) is 0 Å². The maximum Gasteiger partial charge on any atom is 0.178 e. The van der Waals surface area contributed by atoms with Gasteiger partial charge in [-0.2, -0.15) is 0 Å². The predicted octanol–water partition coefficient (Wildman–Crippen LogP) is 5.35. The molecule has 126 valence electrons. The van der Waals surface area contributed by atoms with Gasteiger partial charge in [0.15, 0.2) is 4.77 Å². The van der Waals surface area contributed by atoms with Gasteiger partial charge in [0.2, 0.25) is 0 Å². The normalized spacial score (nSPS) is 11.4. The molecule has 24 heavy (non-hydrogen) atoms. The third-order valence-corrected chi connectivity index (χ3v) is 4.45. The number of nitrogens with one attached hydrogen (secondary N) is 1. The first-order valence-corrected chi connectivity index (χ1v) is 8.48. The van der Waals surface area contributed by atoms with Crippen LogP contribution in [0.5, 0.6) is 5.75 Å². The molecule has 1 N–H and O–H groups in total. The summed E-state index contributed by atoms with van der Waals surface area (Å²) in [6.07, 6.45) is 0. The number of ether oxygens (including phenoxy) is 1. The van der Waals surface area contributed by atoms with E-state index in [0.29, 0.717) is 29.4 Å². The van der Waals surface area contributed by atoms with Crippen LogP contribution >= 0.6 is 12.2 Å². The Labute approximate surface area is 146 Å². The van der Waals surface area contributed by atoms with E-state index in [0.717, 1.165) is 11.3 Å². The van der Waals surface area contributed by atoms with Gasteiger partial charge in [0.25, 0.3) is 0 Å². The van der Waals surface area contributed by atoms with Crippen molar-refractivity contribution in [3.05, 3.63) is 58.1 Å². The minimum Gasteiger partial charge on any atom is -0.491 e. The molecule has 3 nitrogen and oxygen atoms in total. The predicted molar refractivity (Wildman–Crippen MR) is 97.8 cm³/mol. The monoisotopic (exact) mass is 344 g/mol. The molecular formula is C19H21FN2OS. The molecule has 0 spiro atoms. The summed E-state index contributed by atoms with van der Waals surface area (Å²) in [5.41, 5.74) is 3.56. The highest BCUT2D eigenvalue weighted by Gasteiger charge is 2.10. The van der Waals surface area contributed by atoms with Crippen LogP contribution < -0.4 is 4.74 Å². The molecule has 0 saturated carbocycles. The molecule has 0 unspecified atom stereocenters. The van der Waals surface area contributed by atoms with E-state index in [1.807, 2.05) is 10.6 Å². The van der Waals surface area contributed by atoms with Crippen molar-refractivity contribution in [2.24, 2.45) is 0 Å². The summed E-state index contributed by atoms with van der Waals surface area (Å²) in [6.45, 7) is 7.39. The van der Waals surface area contributed by atoms with E-state index in [-0.39, 0.29) is 5.82 Å². The zero-order valence-corrected chi connectivity index (χ0v) is 14.9. The highest BCUT2D eigenvalue weighted by atomic mass is 32.1. The number of halogens is 1. The van der Waals surface area contributed by atoms with Crippen molar-refractivity contribution >= 4 is 23.3 Å². The molecule has 0 aliphatic rings.